The molecule has 0 aromatic heterocycles. The molecule has 72 valence electrons. The fourth-order valence-electron chi connectivity index (χ4n) is 1.58. The molecule has 0 radical (unpaired) electrons. The monoisotopic (exact) mass is 176 g/mol. The Morgan fingerprint density at radius 2 is 2.00 bits per heavy atom. The highest BCUT2D eigenvalue weighted by Gasteiger charge is 2.04. The van der Waals surface area contributed by atoms with Crippen molar-refractivity contribution >= 4 is 0 Å². The average molecular weight is 176 g/mol. The first-order valence-electron chi connectivity index (χ1n) is 5.21. The van der Waals surface area contributed by atoms with Crippen LogP contribution >= 0.6 is 0 Å². The molecule has 0 aromatic rings. The zero-order chi connectivity index (χ0) is 9.84. The summed E-state index contributed by atoms with van der Waals surface area (Å²) in [5.41, 5.74) is 4.43. The summed E-state index contributed by atoms with van der Waals surface area (Å²) < 4.78 is 0. The predicted octanol–water partition coefficient (Wildman–Crippen LogP) is 4.26. The normalized spacial score (nSPS) is 17.8. The van der Waals surface area contributed by atoms with Crippen LogP contribution in [0.3, 0.4) is 0 Å². The lowest BCUT2D eigenvalue weighted by atomic mass is 10.00. The Balaban J connectivity index is 2.92. The minimum atomic E-state index is 0.654. The van der Waals surface area contributed by atoms with Crippen molar-refractivity contribution in [1.29, 1.82) is 0 Å². The van der Waals surface area contributed by atoms with Gasteiger partial charge in [0.2, 0.25) is 0 Å². The topological polar surface area (TPSA) is 0 Å². The zero-order valence-corrected chi connectivity index (χ0v) is 9.22. The second kappa shape index (κ2) is 4.45. The molecule has 0 atom stereocenters. The van der Waals surface area contributed by atoms with E-state index in [1.807, 2.05) is 0 Å². The van der Waals surface area contributed by atoms with Gasteiger partial charge in [-0.3, -0.25) is 0 Å². The highest BCUT2D eigenvalue weighted by atomic mass is 14.1. The maximum atomic E-state index is 2.36. The molecule has 0 bridgehead atoms. The van der Waals surface area contributed by atoms with Crippen molar-refractivity contribution in [1.82, 2.24) is 0 Å². The summed E-state index contributed by atoms with van der Waals surface area (Å²) in [5, 5.41) is 0. The standard InChI is InChI=1S/C13H20/c1-5-12-8-11(4)6-7-13(9-12)10(2)3/h7-10H,5-6H2,1-4H3. The van der Waals surface area contributed by atoms with Crippen molar-refractivity contribution in [2.24, 2.45) is 5.92 Å². The van der Waals surface area contributed by atoms with E-state index in [-0.39, 0.29) is 0 Å². The third kappa shape index (κ3) is 2.87. The van der Waals surface area contributed by atoms with Crippen LogP contribution in [0.1, 0.15) is 40.5 Å². The van der Waals surface area contributed by atoms with Gasteiger partial charge in [-0.05, 0) is 36.8 Å². The molecule has 0 nitrogen and oxygen atoms in total. The molecule has 1 rings (SSSR count). The fourth-order valence-corrected chi connectivity index (χ4v) is 1.58. The van der Waals surface area contributed by atoms with E-state index in [1.54, 1.807) is 0 Å². The lowest BCUT2D eigenvalue weighted by molar-refractivity contribution is 0.785. The molecule has 0 fully saturated rings. The molecule has 0 saturated carbocycles. The second-order valence-corrected chi connectivity index (χ2v) is 4.13. The van der Waals surface area contributed by atoms with Gasteiger partial charge < -0.3 is 0 Å². The SMILES string of the molecule is CCC1=CC(C(C)C)=CCC(C)=C1. The predicted molar refractivity (Wildman–Crippen MR) is 59.7 cm³/mol. The van der Waals surface area contributed by atoms with E-state index >= 15 is 0 Å². The maximum Gasteiger partial charge on any atom is -0.0132 e. The summed E-state index contributed by atoms with van der Waals surface area (Å²) in [6.07, 6.45) is 9.29. The van der Waals surface area contributed by atoms with E-state index in [1.165, 1.54) is 16.7 Å². The maximum absolute atomic E-state index is 2.36. The van der Waals surface area contributed by atoms with Crippen molar-refractivity contribution in [3.63, 3.8) is 0 Å². The quantitative estimate of drug-likeness (QED) is 0.590. The van der Waals surface area contributed by atoms with Gasteiger partial charge in [-0.1, -0.05) is 44.6 Å². The van der Waals surface area contributed by atoms with E-state index in [0.29, 0.717) is 5.92 Å². The van der Waals surface area contributed by atoms with Crippen LogP contribution in [-0.4, -0.2) is 0 Å². The Bertz CT molecular complexity index is 262. The fraction of sp³-hybridized carbons (Fsp3) is 0.538. The minimum absolute atomic E-state index is 0.654. The third-order valence-corrected chi connectivity index (χ3v) is 2.52. The molecule has 0 spiro atoms. The van der Waals surface area contributed by atoms with Gasteiger partial charge in [0.15, 0.2) is 0 Å². The molecule has 0 N–H and O–H groups in total. The van der Waals surface area contributed by atoms with Crippen LogP contribution in [-0.2, 0) is 0 Å². The zero-order valence-electron chi connectivity index (χ0n) is 9.22. The first-order valence-corrected chi connectivity index (χ1v) is 5.21. The molecule has 0 heteroatoms. The van der Waals surface area contributed by atoms with Gasteiger partial charge in [0.25, 0.3) is 0 Å². The summed E-state index contributed by atoms with van der Waals surface area (Å²) in [6.45, 7) is 8.95. The summed E-state index contributed by atoms with van der Waals surface area (Å²) in [5.74, 6) is 0.654. The summed E-state index contributed by atoms with van der Waals surface area (Å²) in [6, 6.07) is 0. The van der Waals surface area contributed by atoms with Crippen LogP contribution in [0.25, 0.3) is 0 Å². The van der Waals surface area contributed by atoms with Gasteiger partial charge in [-0.25, -0.2) is 0 Å². The molecule has 0 heterocycles. The van der Waals surface area contributed by atoms with E-state index in [0.717, 1.165) is 12.8 Å². The van der Waals surface area contributed by atoms with Gasteiger partial charge in [0.1, 0.15) is 0 Å². The Morgan fingerprint density at radius 1 is 1.31 bits per heavy atom. The van der Waals surface area contributed by atoms with Crippen LogP contribution in [0.2, 0.25) is 0 Å². The third-order valence-electron chi connectivity index (χ3n) is 2.52. The molecule has 0 saturated heterocycles. The van der Waals surface area contributed by atoms with Crippen molar-refractivity contribution in [3.05, 3.63) is 34.9 Å². The smallest absolute Gasteiger partial charge is 0.0132 e. The van der Waals surface area contributed by atoms with Gasteiger partial charge in [-0.15, -0.1) is 0 Å². The number of hydrogen-bond acceptors (Lipinski definition) is 0. The largest absolute Gasteiger partial charge is 0.0770 e. The van der Waals surface area contributed by atoms with Gasteiger partial charge in [-0.2, -0.15) is 0 Å². The van der Waals surface area contributed by atoms with Gasteiger partial charge >= 0.3 is 0 Å². The molecule has 0 aliphatic heterocycles. The molecular weight excluding hydrogens is 156 g/mol. The van der Waals surface area contributed by atoms with Crippen LogP contribution < -0.4 is 0 Å². The summed E-state index contributed by atoms with van der Waals surface area (Å²) in [4.78, 5) is 0. The van der Waals surface area contributed by atoms with Crippen molar-refractivity contribution < 1.29 is 0 Å². The number of hydrogen-bond donors (Lipinski definition) is 0. The molecule has 0 amide bonds. The number of rotatable bonds is 2. The van der Waals surface area contributed by atoms with Gasteiger partial charge in [0.05, 0.1) is 0 Å². The molecule has 0 aromatic carbocycles. The molecule has 1 aliphatic rings. The van der Waals surface area contributed by atoms with Crippen molar-refractivity contribution in [3.8, 4) is 0 Å². The van der Waals surface area contributed by atoms with Crippen LogP contribution in [0, 0.1) is 5.92 Å². The molecular formula is C13H20. The Labute approximate surface area is 82.0 Å². The van der Waals surface area contributed by atoms with E-state index < -0.39 is 0 Å². The first-order chi connectivity index (χ1) is 6.13. The van der Waals surface area contributed by atoms with Gasteiger partial charge in [0, 0.05) is 0 Å². The Morgan fingerprint density at radius 3 is 2.54 bits per heavy atom. The first kappa shape index (κ1) is 10.3. The van der Waals surface area contributed by atoms with Crippen molar-refractivity contribution in [2.75, 3.05) is 0 Å². The summed E-state index contributed by atoms with van der Waals surface area (Å²) >= 11 is 0. The summed E-state index contributed by atoms with van der Waals surface area (Å²) in [7, 11) is 0. The highest BCUT2D eigenvalue weighted by molar-refractivity contribution is 5.36. The van der Waals surface area contributed by atoms with Crippen LogP contribution in [0.15, 0.2) is 34.9 Å². The Hall–Kier alpha value is -0.780. The van der Waals surface area contributed by atoms with Crippen molar-refractivity contribution in [2.45, 2.75) is 40.5 Å². The van der Waals surface area contributed by atoms with E-state index in [2.05, 4.69) is 45.9 Å². The molecule has 0 unspecified atom stereocenters. The lowest BCUT2D eigenvalue weighted by Crippen LogP contribution is -1.90. The Kier molecular flexibility index (Phi) is 3.53. The van der Waals surface area contributed by atoms with E-state index in [4.69, 9.17) is 0 Å². The second-order valence-electron chi connectivity index (χ2n) is 4.13. The highest BCUT2D eigenvalue weighted by Crippen LogP contribution is 2.22. The molecule has 13 heavy (non-hydrogen) atoms. The molecule has 1 aliphatic carbocycles. The minimum Gasteiger partial charge on any atom is -0.0770 e. The van der Waals surface area contributed by atoms with Crippen LogP contribution in [0.4, 0.5) is 0 Å². The van der Waals surface area contributed by atoms with Crippen LogP contribution in [0.5, 0.6) is 0 Å². The average Bonchev–Trinajstić information content (AvgIpc) is 2.26. The number of allylic oxidation sites excluding steroid dienone is 6. The van der Waals surface area contributed by atoms with E-state index in [9.17, 15) is 0 Å². The lowest BCUT2D eigenvalue weighted by Gasteiger charge is -2.06.